The summed E-state index contributed by atoms with van der Waals surface area (Å²) in [6.07, 6.45) is 4.85. The summed E-state index contributed by atoms with van der Waals surface area (Å²) >= 11 is 1.62. The summed E-state index contributed by atoms with van der Waals surface area (Å²) in [5.74, 6) is 0.873. The molecule has 1 fully saturated rings. The van der Waals surface area contributed by atoms with E-state index in [0.29, 0.717) is 24.6 Å². The van der Waals surface area contributed by atoms with Crippen LogP contribution in [0.4, 0.5) is 5.82 Å². The molecule has 1 saturated heterocycles. The molecule has 5 nitrogen and oxygen atoms in total. The fraction of sp³-hybridized carbons (Fsp3) is 0.250. The molecule has 132 valence electrons. The molecule has 0 amide bonds. The Morgan fingerprint density at radius 3 is 3.08 bits per heavy atom. The number of nitrogen functional groups attached to an aromatic ring is 1. The second-order valence-electron chi connectivity index (χ2n) is 6.54. The number of pyridine rings is 1. The van der Waals surface area contributed by atoms with Crippen molar-refractivity contribution in [2.45, 2.75) is 19.8 Å². The Kier molecular flexibility index (Phi) is 4.42. The molecule has 0 saturated carbocycles. The van der Waals surface area contributed by atoms with Crippen LogP contribution in [-0.4, -0.2) is 22.4 Å². The molecular weight excluding hydrogens is 346 g/mol. The van der Waals surface area contributed by atoms with E-state index in [9.17, 15) is 4.79 Å². The fourth-order valence-electron chi connectivity index (χ4n) is 3.17. The van der Waals surface area contributed by atoms with E-state index in [1.54, 1.807) is 23.6 Å². The normalized spacial score (nSPS) is 19.0. The zero-order valence-corrected chi connectivity index (χ0v) is 15.3. The maximum atomic E-state index is 12.8. The van der Waals surface area contributed by atoms with Gasteiger partial charge >= 0.3 is 0 Å². The van der Waals surface area contributed by atoms with E-state index in [1.165, 1.54) is 4.70 Å². The van der Waals surface area contributed by atoms with Crippen LogP contribution in [0.2, 0.25) is 0 Å². The van der Waals surface area contributed by atoms with Crippen LogP contribution < -0.4 is 5.73 Å². The minimum Gasteiger partial charge on any atom is -0.490 e. The molecule has 3 heterocycles. The molecular formula is C20H19N3O2S. The van der Waals surface area contributed by atoms with E-state index in [0.717, 1.165) is 28.6 Å². The van der Waals surface area contributed by atoms with Gasteiger partial charge in [-0.1, -0.05) is 6.07 Å². The third-order valence-corrected chi connectivity index (χ3v) is 5.46. The third-order valence-electron chi connectivity index (χ3n) is 4.65. The number of carbonyl (C=O) groups excluding carboxylic acids is 1. The number of nitrogens with two attached hydrogens (primary N) is 1. The van der Waals surface area contributed by atoms with Crippen molar-refractivity contribution in [3.05, 3.63) is 58.4 Å². The van der Waals surface area contributed by atoms with Crippen LogP contribution in [0.1, 0.15) is 23.1 Å². The number of allylic oxidation sites excluding steroid dienone is 1. The number of rotatable bonds is 3. The predicted molar refractivity (Wildman–Crippen MR) is 104 cm³/mol. The summed E-state index contributed by atoms with van der Waals surface area (Å²) in [5.41, 5.74) is 11.4. The summed E-state index contributed by atoms with van der Waals surface area (Å²) in [7, 11) is 0. The topological polar surface area (TPSA) is 78.1 Å². The lowest BCUT2D eigenvalue weighted by Crippen LogP contribution is -2.27. The summed E-state index contributed by atoms with van der Waals surface area (Å²) < 4.78 is 6.80. The van der Waals surface area contributed by atoms with Crippen molar-refractivity contribution >= 4 is 39.2 Å². The highest BCUT2D eigenvalue weighted by Gasteiger charge is 2.28. The van der Waals surface area contributed by atoms with Crippen molar-refractivity contribution in [2.75, 3.05) is 12.3 Å². The fourth-order valence-corrected chi connectivity index (χ4v) is 3.83. The quantitative estimate of drug-likeness (QED) is 0.715. The summed E-state index contributed by atoms with van der Waals surface area (Å²) in [5, 5.41) is 0. The number of fused-ring (bicyclic) bond motifs is 1. The van der Waals surface area contributed by atoms with Gasteiger partial charge in [0, 0.05) is 12.1 Å². The van der Waals surface area contributed by atoms with E-state index < -0.39 is 0 Å². The van der Waals surface area contributed by atoms with E-state index in [-0.39, 0.29) is 11.7 Å². The molecule has 0 aliphatic carbocycles. The van der Waals surface area contributed by atoms with Gasteiger partial charge in [-0.05, 0) is 60.7 Å². The first kappa shape index (κ1) is 16.7. The second-order valence-corrected chi connectivity index (χ2v) is 7.42. The van der Waals surface area contributed by atoms with Gasteiger partial charge in [0.25, 0.3) is 0 Å². The molecule has 6 heteroatoms. The molecule has 1 aliphatic rings. The number of nitrogens with zero attached hydrogens (tertiary/aromatic N) is 2. The van der Waals surface area contributed by atoms with Crippen molar-refractivity contribution < 1.29 is 9.53 Å². The molecule has 1 atom stereocenters. The first-order valence-electron chi connectivity index (χ1n) is 8.53. The van der Waals surface area contributed by atoms with Crippen LogP contribution in [0.5, 0.6) is 0 Å². The van der Waals surface area contributed by atoms with Crippen LogP contribution in [0.15, 0.2) is 41.7 Å². The molecule has 0 spiro atoms. The predicted octanol–water partition coefficient (Wildman–Crippen LogP) is 3.77. The van der Waals surface area contributed by atoms with Gasteiger partial charge in [0.1, 0.15) is 5.82 Å². The number of thiazole rings is 1. The van der Waals surface area contributed by atoms with Gasteiger partial charge in [-0.3, -0.25) is 4.79 Å². The number of ketones is 1. The zero-order valence-electron chi connectivity index (χ0n) is 14.4. The van der Waals surface area contributed by atoms with E-state index in [1.807, 2.05) is 18.5 Å². The smallest absolute Gasteiger partial charge is 0.200 e. The van der Waals surface area contributed by atoms with Crippen LogP contribution in [0.25, 0.3) is 16.3 Å². The number of anilines is 1. The highest BCUT2D eigenvalue weighted by atomic mass is 32.1. The minimum absolute atomic E-state index is 0.0455. The van der Waals surface area contributed by atoms with Crippen LogP contribution in [-0.2, 0) is 16.0 Å². The highest BCUT2D eigenvalue weighted by Crippen LogP contribution is 2.27. The van der Waals surface area contributed by atoms with Gasteiger partial charge in [0.2, 0.25) is 5.78 Å². The van der Waals surface area contributed by atoms with E-state index >= 15 is 0 Å². The number of aryl methyl sites for hydroxylation is 1. The monoisotopic (exact) mass is 365 g/mol. The molecule has 1 unspecified atom stereocenters. The SMILES string of the molecule is Cc1cc(C=C2OCCC(Cc3ccc4scnc4c3)C2=O)cnc1N. The number of carbonyl (C=O) groups is 1. The largest absolute Gasteiger partial charge is 0.490 e. The van der Waals surface area contributed by atoms with Crippen LogP contribution in [0, 0.1) is 12.8 Å². The lowest BCUT2D eigenvalue weighted by atomic mass is 9.89. The standard InChI is InChI=1S/C20H19N3O2S/c1-12-6-14(10-22-20(12)21)9-17-19(24)15(4-5-25-17)7-13-2-3-18-16(8-13)23-11-26-18/h2-3,6,8-11,15H,4-5,7H2,1H3,(H2,21,22). The van der Waals surface area contributed by atoms with Gasteiger partial charge in [0.05, 0.1) is 22.3 Å². The number of Topliss-reactive ketones (excluding diaryl/α,β-unsaturated/α-hetero) is 1. The Labute approximate surface area is 155 Å². The summed E-state index contributed by atoms with van der Waals surface area (Å²) in [6.45, 7) is 2.44. The lowest BCUT2D eigenvalue weighted by molar-refractivity contribution is -0.125. The average Bonchev–Trinajstić information content (AvgIpc) is 3.09. The van der Waals surface area contributed by atoms with Gasteiger partial charge in [-0.2, -0.15) is 0 Å². The minimum atomic E-state index is -0.0751. The van der Waals surface area contributed by atoms with Gasteiger partial charge in [-0.25, -0.2) is 9.97 Å². The molecule has 0 bridgehead atoms. The Bertz CT molecular complexity index is 1010. The van der Waals surface area contributed by atoms with Crippen molar-refractivity contribution in [1.82, 2.24) is 9.97 Å². The van der Waals surface area contributed by atoms with Gasteiger partial charge in [-0.15, -0.1) is 11.3 Å². The number of benzene rings is 1. The molecule has 2 N–H and O–H groups in total. The van der Waals surface area contributed by atoms with Gasteiger partial charge in [0.15, 0.2) is 5.76 Å². The second kappa shape index (κ2) is 6.88. The van der Waals surface area contributed by atoms with Crippen LogP contribution >= 0.6 is 11.3 Å². The zero-order chi connectivity index (χ0) is 18.1. The van der Waals surface area contributed by atoms with Crippen LogP contribution in [0.3, 0.4) is 0 Å². The Hall–Kier alpha value is -2.73. The van der Waals surface area contributed by atoms with Crippen molar-refractivity contribution in [1.29, 1.82) is 0 Å². The molecule has 4 rings (SSSR count). The molecule has 3 aromatic rings. The Morgan fingerprint density at radius 1 is 1.35 bits per heavy atom. The highest BCUT2D eigenvalue weighted by molar-refractivity contribution is 7.16. The van der Waals surface area contributed by atoms with Gasteiger partial charge < -0.3 is 10.5 Å². The maximum absolute atomic E-state index is 12.8. The third kappa shape index (κ3) is 3.32. The molecule has 26 heavy (non-hydrogen) atoms. The lowest BCUT2D eigenvalue weighted by Gasteiger charge is -2.23. The number of hydrogen-bond donors (Lipinski definition) is 1. The first-order valence-corrected chi connectivity index (χ1v) is 9.41. The first-order chi connectivity index (χ1) is 12.6. The van der Waals surface area contributed by atoms with Crippen molar-refractivity contribution in [3.63, 3.8) is 0 Å². The maximum Gasteiger partial charge on any atom is 0.200 e. The summed E-state index contributed by atoms with van der Waals surface area (Å²) in [4.78, 5) is 21.3. The molecule has 1 aliphatic heterocycles. The molecule has 1 aromatic carbocycles. The van der Waals surface area contributed by atoms with E-state index in [2.05, 4.69) is 28.2 Å². The Morgan fingerprint density at radius 2 is 2.23 bits per heavy atom. The molecule has 2 aromatic heterocycles. The van der Waals surface area contributed by atoms with Crippen molar-refractivity contribution in [2.24, 2.45) is 5.92 Å². The number of hydrogen-bond acceptors (Lipinski definition) is 6. The number of aromatic nitrogens is 2. The molecule has 0 radical (unpaired) electrons. The Balaban J connectivity index is 1.55. The van der Waals surface area contributed by atoms with E-state index in [4.69, 9.17) is 10.5 Å². The van der Waals surface area contributed by atoms with Crippen molar-refractivity contribution in [3.8, 4) is 0 Å². The summed E-state index contributed by atoms with van der Waals surface area (Å²) in [6, 6.07) is 8.14. The number of ether oxygens (including phenoxy) is 1. The average molecular weight is 365 g/mol.